The Morgan fingerprint density at radius 1 is 1.04 bits per heavy atom. The molecule has 0 saturated carbocycles. The van der Waals surface area contributed by atoms with Crippen molar-refractivity contribution >= 4 is 17.8 Å². The maximum absolute atomic E-state index is 5.71. The lowest BCUT2D eigenvalue weighted by Gasteiger charge is -2.23. The van der Waals surface area contributed by atoms with Crippen molar-refractivity contribution in [2.24, 2.45) is 0 Å². The number of aromatic nitrogens is 3. The Bertz CT molecular complexity index is 986. The maximum atomic E-state index is 5.71. The SMILES string of the molecule is Cc1nn(C[NH+]2CC=C(c3ccccc3)CC2)c(=S)n1Cc1ccccc1. The quantitative estimate of drug-likeness (QED) is 0.692. The van der Waals surface area contributed by atoms with Gasteiger partial charge in [0.2, 0.25) is 4.77 Å². The number of benzene rings is 2. The Hall–Kier alpha value is -2.50. The first-order valence-corrected chi connectivity index (χ1v) is 9.88. The van der Waals surface area contributed by atoms with Crippen LogP contribution in [0.25, 0.3) is 5.57 Å². The van der Waals surface area contributed by atoms with E-state index in [0.29, 0.717) is 0 Å². The molecule has 0 saturated heterocycles. The Kier molecular flexibility index (Phi) is 5.32. The second-order valence-electron chi connectivity index (χ2n) is 7.11. The third-order valence-corrected chi connectivity index (χ3v) is 5.63. The minimum Gasteiger partial charge on any atom is -0.313 e. The van der Waals surface area contributed by atoms with Gasteiger partial charge in [0.25, 0.3) is 0 Å². The second kappa shape index (κ2) is 8.03. The van der Waals surface area contributed by atoms with E-state index in [1.807, 2.05) is 17.7 Å². The van der Waals surface area contributed by atoms with Crippen LogP contribution in [0.3, 0.4) is 0 Å². The van der Waals surface area contributed by atoms with Crippen molar-refractivity contribution < 1.29 is 4.90 Å². The fraction of sp³-hybridized carbons (Fsp3) is 0.273. The van der Waals surface area contributed by atoms with Crippen molar-refractivity contribution in [1.82, 2.24) is 14.3 Å². The molecule has 1 aliphatic heterocycles. The molecule has 1 aliphatic rings. The van der Waals surface area contributed by atoms with Crippen LogP contribution in [0, 0.1) is 11.7 Å². The normalized spacial score (nSPS) is 16.9. The molecule has 0 spiro atoms. The third-order valence-electron chi connectivity index (χ3n) is 5.19. The van der Waals surface area contributed by atoms with Gasteiger partial charge in [0, 0.05) is 6.42 Å². The molecular weight excluding hydrogens is 352 g/mol. The van der Waals surface area contributed by atoms with Crippen LogP contribution in [-0.2, 0) is 13.2 Å². The van der Waals surface area contributed by atoms with Crippen molar-refractivity contribution in [3.63, 3.8) is 0 Å². The summed E-state index contributed by atoms with van der Waals surface area (Å²) in [5.41, 5.74) is 4.04. The molecule has 1 unspecified atom stereocenters. The van der Waals surface area contributed by atoms with Gasteiger partial charge in [-0.05, 0) is 41.9 Å². The van der Waals surface area contributed by atoms with E-state index in [9.17, 15) is 0 Å². The van der Waals surface area contributed by atoms with Crippen molar-refractivity contribution in [2.75, 3.05) is 13.1 Å². The van der Waals surface area contributed by atoms with Gasteiger partial charge < -0.3 is 4.90 Å². The van der Waals surface area contributed by atoms with Crippen LogP contribution in [0.1, 0.15) is 23.4 Å². The summed E-state index contributed by atoms with van der Waals surface area (Å²) >= 11 is 5.71. The van der Waals surface area contributed by atoms with Crippen LogP contribution in [0.15, 0.2) is 66.7 Å². The van der Waals surface area contributed by atoms with Crippen LogP contribution in [0.5, 0.6) is 0 Å². The Morgan fingerprint density at radius 2 is 1.74 bits per heavy atom. The van der Waals surface area contributed by atoms with E-state index in [-0.39, 0.29) is 0 Å². The molecule has 0 radical (unpaired) electrons. The van der Waals surface area contributed by atoms with E-state index in [4.69, 9.17) is 17.3 Å². The number of rotatable bonds is 5. The van der Waals surface area contributed by atoms with Gasteiger partial charge in [0.1, 0.15) is 5.82 Å². The monoisotopic (exact) mass is 377 g/mol. The predicted octanol–water partition coefficient (Wildman–Crippen LogP) is 3.10. The molecule has 138 valence electrons. The van der Waals surface area contributed by atoms with Gasteiger partial charge in [-0.2, -0.15) is 9.78 Å². The minimum absolute atomic E-state index is 0.777. The van der Waals surface area contributed by atoms with Gasteiger partial charge in [0.15, 0.2) is 6.67 Å². The standard InChI is InChI=1S/C22H24N4S/c1-18-23-26(22(27)25(18)16-19-8-4-2-5-9-19)17-24-14-12-21(13-15-24)20-10-6-3-7-11-20/h2-12H,13-17H2,1H3/p+1. The average Bonchev–Trinajstić information content (AvgIpc) is 2.97. The minimum atomic E-state index is 0.777. The molecule has 1 N–H and O–H groups in total. The van der Waals surface area contributed by atoms with Crippen molar-refractivity contribution in [3.8, 4) is 0 Å². The first-order chi connectivity index (χ1) is 13.2. The van der Waals surface area contributed by atoms with Gasteiger partial charge in [0.05, 0.1) is 19.6 Å². The molecule has 3 aromatic rings. The summed E-state index contributed by atoms with van der Waals surface area (Å²) in [7, 11) is 0. The van der Waals surface area contributed by atoms with E-state index >= 15 is 0 Å². The summed E-state index contributed by atoms with van der Waals surface area (Å²) in [4.78, 5) is 1.50. The molecular formula is C22H25N4S+. The largest absolute Gasteiger partial charge is 0.313 e. The Balaban J connectivity index is 1.46. The third kappa shape index (κ3) is 4.10. The predicted molar refractivity (Wildman–Crippen MR) is 111 cm³/mol. The van der Waals surface area contributed by atoms with Crippen LogP contribution in [0.2, 0.25) is 0 Å². The maximum Gasteiger partial charge on any atom is 0.203 e. The Morgan fingerprint density at radius 3 is 2.41 bits per heavy atom. The lowest BCUT2D eigenvalue weighted by molar-refractivity contribution is -0.918. The smallest absolute Gasteiger partial charge is 0.203 e. The number of hydrogen-bond donors (Lipinski definition) is 1. The molecule has 5 heteroatoms. The Labute approximate surface area is 165 Å². The van der Waals surface area contributed by atoms with Crippen LogP contribution >= 0.6 is 12.2 Å². The number of hydrogen-bond acceptors (Lipinski definition) is 2. The van der Waals surface area contributed by atoms with Crippen LogP contribution in [-0.4, -0.2) is 27.4 Å². The summed E-state index contributed by atoms with van der Waals surface area (Å²) in [6, 6.07) is 21.1. The van der Waals surface area contributed by atoms with E-state index in [2.05, 4.69) is 65.2 Å². The number of nitrogens with zero attached hydrogens (tertiary/aromatic N) is 3. The fourth-order valence-electron chi connectivity index (χ4n) is 3.65. The second-order valence-corrected chi connectivity index (χ2v) is 7.47. The van der Waals surface area contributed by atoms with Crippen molar-refractivity contribution in [1.29, 1.82) is 0 Å². The molecule has 0 bridgehead atoms. The van der Waals surface area contributed by atoms with Crippen LogP contribution < -0.4 is 4.90 Å². The fourth-order valence-corrected chi connectivity index (χ4v) is 3.96. The molecule has 2 aromatic carbocycles. The van der Waals surface area contributed by atoms with Gasteiger partial charge in [-0.15, -0.1) is 0 Å². The molecule has 0 amide bonds. The zero-order chi connectivity index (χ0) is 18.6. The summed E-state index contributed by atoms with van der Waals surface area (Å²) in [5.74, 6) is 0.973. The molecule has 1 aromatic heterocycles. The highest BCUT2D eigenvalue weighted by Crippen LogP contribution is 2.17. The zero-order valence-corrected chi connectivity index (χ0v) is 16.5. The van der Waals surface area contributed by atoms with Gasteiger partial charge in [-0.3, -0.25) is 4.57 Å². The zero-order valence-electron chi connectivity index (χ0n) is 15.6. The lowest BCUT2D eigenvalue weighted by Crippen LogP contribution is -3.11. The van der Waals surface area contributed by atoms with Crippen molar-refractivity contribution in [2.45, 2.75) is 26.6 Å². The molecule has 0 fully saturated rings. The average molecular weight is 378 g/mol. The van der Waals surface area contributed by atoms with Gasteiger partial charge >= 0.3 is 0 Å². The number of nitrogens with one attached hydrogen (secondary N) is 1. The summed E-state index contributed by atoms with van der Waals surface area (Å²) in [6.07, 6.45) is 3.46. The summed E-state index contributed by atoms with van der Waals surface area (Å²) in [6.45, 7) is 5.75. The van der Waals surface area contributed by atoms with E-state index < -0.39 is 0 Å². The molecule has 4 rings (SSSR count). The van der Waals surface area contributed by atoms with Crippen molar-refractivity contribution in [3.05, 3.63) is 88.5 Å². The molecule has 0 aliphatic carbocycles. The summed E-state index contributed by atoms with van der Waals surface area (Å²) < 4.78 is 4.92. The number of quaternary nitrogens is 1. The van der Waals surface area contributed by atoms with Gasteiger partial charge in [-0.1, -0.05) is 60.7 Å². The topological polar surface area (TPSA) is 27.2 Å². The summed E-state index contributed by atoms with van der Waals surface area (Å²) in [5, 5.41) is 4.71. The molecule has 1 atom stereocenters. The van der Waals surface area contributed by atoms with Gasteiger partial charge in [-0.25, -0.2) is 0 Å². The molecule has 2 heterocycles. The highest BCUT2D eigenvalue weighted by molar-refractivity contribution is 7.71. The number of aryl methyl sites for hydroxylation is 1. The van der Waals surface area contributed by atoms with E-state index in [0.717, 1.165) is 43.3 Å². The first kappa shape index (κ1) is 17.9. The molecule has 4 nitrogen and oxygen atoms in total. The first-order valence-electron chi connectivity index (χ1n) is 9.47. The van der Waals surface area contributed by atoms with E-state index in [1.54, 1.807) is 0 Å². The molecule has 27 heavy (non-hydrogen) atoms. The van der Waals surface area contributed by atoms with E-state index in [1.165, 1.54) is 21.6 Å². The highest BCUT2D eigenvalue weighted by Gasteiger charge is 2.18. The highest BCUT2D eigenvalue weighted by atomic mass is 32.1. The van der Waals surface area contributed by atoms with Crippen LogP contribution in [0.4, 0.5) is 0 Å². The lowest BCUT2D eigenvalue weighted by atomic mass is 10.00.